The maximum Gasteiger partial charge on any atom is 0.633 e. The third-order valence-electron chi connectivity index (χ3n) is 1.54. The number of aliphatic hydroxyl groups excluding tert-OH is 3. The Balaban J connectivity index is 3.93. The third kappa shape index (κ3) is 3.48. The standard InChI is InChI=1S/C5H13BO6/c7-1-5(2-8,3-9)4-12-6(10)11/h7-11H,1-4H2. The van der Waals surface area contributed by atoms with Gasteiger partial charge in [-0.05, 0) is 0 Å². The van der Waals surface area contributed by atoms with E-state index in [-0.39, 0.29) is 6.61 Å². The van der Waals surface area contributed by atoms with E-state index in [1.54, 1.807) is 0 Å². The molecule has 0 aliphatic heterocycles. The summed E-state index contributed by atoms with van der Waals surface area (Å²) in [5.41, 5.74) is -1.22. The van der Waals surface area contributed by atoms with E-state index in [0.717, 1.165) is 0 Å². The van der Waals surface area contributed by atoms with Crippen LogP contribution in [0.25, 0.3) is 0 Å². The van der Waals surface area contributed by atoms with Crippen LogP contribution in [0.3, 0.4) is 0 Å². The third-order valence-corrected chi connectivity index (χ3v) is 1.54. The van der Waals surface area contributed by atoms with Crippen molar-refractivity contribution in [3.63, 3.8) is 0 Å². The molecule has 0 bridgehead atoms. The van der Waals surface area contributed by atoms with Gasteiger partial charge in [-0.1, -0.05) is 0 Å². The predicted molar refractivity (Wildman–Crippen MR) is 39.8 cm³/mol. The summed E-state index contributed by atoms with van der Waals surface area (Å²) < 4.78 is 4.31. The summed E-state index contributed by atoms with van der Waals surface area (Å²) in [5.74, 6) is 0. The second-order valence-electron chi connectivity index (χ2n) is 2.61. The fourth-order valence-electron chi connectivity index (χ4n) is 0.538. The van der Waals surface area contributed by atoms with Crippen LogP contribution in [0.1, 0.15) is 0 Å². The van der Waals surface area contributed by atoms with Crippen LogP contribution in [0.5, 0.6) is 0 Å². The van der Waals surface area contributed by atoms with E-state index < -0.39 is 32.6 Å². The molecule has 0 saturated heterocycles. The van der Waals surface area contributed by atoms with Gasteiger partial charge in [-0.25, -0.2) is 0 Å². The van der Waals surface area contributed by atoms with Crippen LogP contribution in [0.15, 0.2) is 0 Å². The van der Waals surface area contributed by atoms with Crippen LogP contribution in [0.4, 0.5) is 0 Å². The van der Waals surface area contributed by atoms with E-state index in [4.69, 9.17) is 25.4 Å². The van der Waals surface area contributed by atoms with E-state index in [9.17, 15) is 0 Å². The summed E-state index contributed by atoms with van der Waals surface area (Å²) >= 11 is 0. The first kappa shape index (κ1) is 11.8. The molecule has 0 unspecified atom stereocenters. The van der Waals surface area contributed by atoms with Crippen molar-refractivity contribution in [2.45, 2.75) is 0 Å². The van der Waals surface area contributed by atoms with Crippen LogP contribution in [-0.4, -0.2) is 59.1 Å². The van der Waals surface area contributed by atoms with Crippen molar-refractivity contribution in [2.24, 2.45) is 5.41 Å². The first-order valence-corrected chi connectivity index (χ1v) is 3.40. The molecule has 0 rings (SSSR count). The van der Waals surface area contributed by atoms with E-state index >= 15 is 0 Å². The van der Waals surface area contributed by atoms with E-state index in [2.05, 4.69) is 4.65 Å². The minimum atomic E-state index is -1.96. The van der Waals surface area contributed by atoms with Crippen molar-refractivity contribution in [1.82, 2.24) is 0 Å². The molecule has 0 heterocycles. The van der Waals surface area contributed by atoms with E-state index in [1.165, 1.54) is 0 Å². The van der Waals surface area contributed by atoms with Crippen molar-refractivity contribution in [3.05, 3.63) is 0 Å². The molecule has 0 aromatic carbocycles. The Labute approximate surface area is 70.2 Å². The molecule has 7 heteroatoms. The topological polar surface area (TPSA) is 110 Å². The van der Waals surface area contributed by atoms with Gasteiger partial charge in [0.15, 0.2) is 0 Å². The Morgan fingerprint density at radius 2 is 1.42 bits per heavy atom. The van der Waals surface area contributed by atoms with Crippen molar-refractivity contribution >= 4 is 7.32 Å². The van der Waals surface area contributed by atoms with Crippen LogP contribution in [0, 0.1) is 5.41 Å². The van der Waals surface area contributed by atoms with E-state index in [1.807, 2.05) is 0 Å². The zero-order valence-corrected chi connectivity index (χ0v) is 6.55. The normalized spacial score (nSPS) is 11.8. The summed E-state index contributed by atoms with van der Waals surface area (Å²) in [6, 6.07) is 0. The molecule has 12 heavy (non-hydrogen) atoms. The predicted octanol–water partition coefficient (Wildman–Crippen LogP) is -3.06. The fourth-order valence-corrected chi connectivity index (χ4v) is 0.538. The molecule has 0 aromatic heterocycles. The van der Waals surface area contributed by atoms with Crippen LogP contribution >= 0.6 is 0 Å². The van der Waals surface area contributed by atoms with Gasteiger partial charge in [0.05, 0.1) is 25.2 Å². The maximum absolute atomic E-state index is 8.73. The van der Waals surface area contributed by atoms with Crippen molar-refractivity contribution in [2.75, 3.05) is 26.4 Å². The average molecular weight is 180 g/mol. The van der Waals surface area contributed by atoms with Gasteiger partial charge >= 0.3 is 7.32 Å². The van der Waals surface area contributed by atoms with E-state index in [0.29, 0.717) is 0 Å². The SMILES string of the molecule is OCC(CO)(CO)COB(O)O. The molecule has 0 aromatic rings. The van der Waals surface area contributed by atoms with Gasteiger partial charge in [0, 0.05) is 6.61 Å². The molecule has 0 aliphatic rings. The maximum atomic E-state index is 8.73. The van der Waals surface area contributed by atoms with Gasteiger partial charge in [0.1, 0.15) is 0 Å². The van der Waals surface area contributed by atoms with Crippen molar-refractivity contribution in [1.29, 1.82) is 0 Å². The Kier molecular flexibility index (Phi) is 5.39. The molecular formula is C5H13BO6. The second kappa shape index (κ2) is 5.47. The second-order valence-corrected chi connectivity index (χ2v) is 2.61. The Hall–Kier alpha value is -0.175. The number of rotatable bonds is 6. The molecule has 0 radical (unpaired) electrons. The molecule has 0 atom stereocenters. The highest BCUT2D eigenvalue weighted by Gasteiger charge is 2.30. The largest absolute Gasteiger partial charge is 0.633 e. The molecular weight excluding hydrogens is 167 g/mol. The zero-order valence-electron chi connectivity index (χ0n) is 6.55. The summed E-state index contributed by atoms with van der Waals surface area (Å²) in [4.78, 5) is 0. The van der Waals surface area contributed by atoms with Crippen molar-refractivity contribution < 1.29 is 30.0 Å². The minimum Gasteiger partial charge on any atom is -0.402 e. The zero-order chi connectivity index (χ0) is 9.61. The van der Waals surface area contributed by atoms with Gasteiger partial charge < -0.3 is 30.0 Å². The summed E-state index contributed by atoms with van der Waals surface area (Å²) in [6.45, 7) is -1.81. The quantitative estimate of drug-likeness (QED) is 0.277. The number of aliphatic hydroxyl groups is 3. The Bertz CT molecular complexity index is 106. The Morgan fingerprint density at radius 1 is 1.00 bits per heavy atom. The van der Waals surface area contributed by atoms with Gasteiger partial charge in [0.25, 0.3) is 0 Å². The lowest BCUT2D eigenvalue weighted by Gasteiger charge is -2.26. The molecule has 0 amide bonds. The first-order valence-electron chi connectivity index (χ1n) is 3.40. The molecule has 0 fully saturated rings. The molecule has 6 nitrogen and oxygen atoms in total. The summed E-state index contributed by atoms with van der Waals surface area (Å²) in [7, 11) is -1.96. The molecule has 72 valence electrons. The monoisotopic (exact) mass is 180 g/mol. The van der Waals surface area contributed by atoms with Gasteiger partial charge in [-0.3, -0.25) is 0 Å². The lowest BCUT2D eigenvalue weighted by Crippen LogP contribution is -2.40. The van der Waals surface area contributed by atoms with Gasteiger partial charge in [-0.15, -0.1) is 0 Å². The van der Waals surface area contributed by atoms with Gasteiger partial charge in [-0.2, -0.15) is 0 Å². The van der Waals surface area contributed by atoms with Gasteiger partial charge in [0.2, 0.25) is 0 Å². The fraction of sp³-hybridized carbons (Fsp3) is 1.00. The Morgan fingerprint density at radius 3 is 1.67 bits per heavy atom. The van der Waals surface area contributed by atoms with Crippen molar-refractivity contribution in [3.8, 4) is 0 Å². The number of hydrogen-bond acceptors (Lipinski definition) is 6. The molecule has 0 aliphatic carbocycles. The van der Waals surface area contributed by atoms with Crippen LogP contribution in [-0.2, 0) is 4.65 Å². The highest BCUT2D eigenvalue weighted by molar-refractivity contribution is 6.32. The molecule has 0 saturated carbocycles. The highest BCUT2D eigenvalue weighted by Crippen LogP contribution is 2.14. The summed E-state index contributed by atoms with van der Waals surface area (Å²) in [6.07, 6.45) is 0. The summed E-state index contributed by atoms with van der Waals surface area (Å²) in [5, 5.41) is 42.8. The first-order chi connectivity index (χ1) is 5.60. The minimum absolute atomic E-state index is 0.325. The average Bonchev–Trinajstić information content (AvgIpc) is 2.08. The highest BCUT2D eigenvalue weighted by atomic mass is 16.6. The van der Waals surface area contributed by atoms with Crippen LogP contribution in [0.2, 0.25) is 0 Å². The lowest BCUT2D eigenvalue weighted by molar-refractivity contribution is -0.0358. The lowest BCUT2D eigenvalue weighted by atomic mass is 9.92. The molecule has 0 spiro atoms. The van der Waals surface area contributed by atoms with Crippen LogP contribution < -0.4 is 0 Å². The smallest absolute Gasteiger partial charge is 0.402 e. The number of hydrogen-bond donors (Lipinski definition) is 5. The molecule has 5 N–H and O–H groups in total.